The Morgan fingerprint density at radius 1 is 0.842 bits per heavy atom. The van der Waals surface area contributed by atoms with Crippen LogP contribution in [-0.2, 0) is 0 Å². The first-order chi connectivity index (χ1) is 9.00. The first kappa shape index (κ1) is 17.3. The predicted octanol–water partition coefficient (Wildman–Crippen LogP) is 5.20. The molecule has 0 saturated carbocycles. The molecule has 2 aromatic rings. The average Bonchev–Trinajstić information content (AvgIpc) is 2.40. The molecule has 4 heteroatoms. The van der Waals surface area contributed by atoms with E-state index in [1.54, 1.807) is 6.92 Å². The van der Waals surface area contributed by atoms with Crippen molar-refractivity contribution in [3.63, 3.8) is 0 Å². The quantitative estimate of drug-likeness (QED) is 0.517. The molecular formula is C15H20F3N. The van der Waals surface area contributed by atoms with Gasteiger partial charge in [0.2, 0.25) is 0 Å². The molecule has 0 aromatic heterocycles. The monoisotopic (exact) mass is 271 g/mol. The van der Waals surface area contributed by atoms with E-state index in [0.717, 1.165) is 0 Å². The summed E-state index contributed by atoms with van der Waals surface area (Å²) < 4.78 is 39.7. The van der Waals surface area contributed by atoms with Gasteiger partial charge in [0.25, 0.3) is 0 Å². The van der Waals surface area contributed by atoms with Crippen molar-refractivity contribution in [3.05, 3.63) is 41.2 Å². The molecule has 0 radical (unpaired) electrons. The number of nitrogen functional groups attached to an aromatic ring is 1. The van der Waals surface area contributed by atoms with Crippen molar-refractivity contribution in [2.45, 2.75) is 34.6 Å². The summed E-state index contributed by atoms with van der Waals surface area (Å²) in [6, 6.07) is 3.29. The number of rotatable bonds is 0. The van der Waals surface area contributed by atoms with Crippen LogP contribution in [0.2, 0.25) is 0 Å². The summed E-state index contributed by atoms with van der Waals surface area (Å²) in [4.78, 5) is 0. The van der Waals surface area contributed by atoms with Crippen LogP contribution in [0, 0.1) is 24.4 Å². The molecule has 2 N–H and O–H groups in total. The lowest BCUT2D eigenvalue weighted by Gasteiger charge is -2.07. The molecule has 19 heavy (non-hydrogen) atoms. The number of nitrogens with two attached hydrogens (primary N) is 1. The Hall–Kier alpha value is -1.71. The fraction of sp³-hybridized carbons (Fsp3) is 0.333. The van der Waals surface area contributed by atoms with Gasteiger partial charge in [-0.1, -0.05) is 27.7 Å². The predicted molar refractivity (Wildman–Crippen MR) is 75.7 cm³/mol. The number of fused-ring (bicyclic) bond motifs is 1. The van der Waals surface area contributed by atoms with Gasteiger partial charge in [-0.15, -0.1) is 0 Å². The van der Waals surface area contributed by atoms with E-state index in [9.17, 15) is 13.2 Å². The average molecular weight is 271 g/mol. The van der Waals surface area contributed by atoms with E-state index >= 15 is 0 Å². The Balaban J connectivity index is 0.000000741. The Kier molecular flexibility index (Phi) is 6.98. The highest BCUT2D eigenvalue weighted by atomic mass is 19.2. The third kappa shape index (κ3) is 3.63. The second kappa shape index (κ2) is 7.67. The maximum Gasteiger partial charge on any atom is 0.167 e. The van der Waals surface area contributed by atoms with E-state index < -0.39 is 17.5 Å². The molecule has 0 atom stereocenters. The third-order valence-electron chi connectivity index (χ3n) is 2.30. The second-order valence-corrected chi connectivity index (χ2v) is 3.41. The van der Waals surface area contributed by atoms with E-state index in [4.69, 9.17) is 5.73 Å². The number of hydrogen-bond donors (Lipinski definition) is 1. The molecule has 2 rings (SSSR count). The lowest BCUT2D eigenvalue weighted by atomic mass is 10.0. The number of anilines is 1. The second-order valence-electron chi connectivity index (χ2n) is 3.41. The number of benzene rings is 2. The normalized spacial score (nSPS) is 9.26. The molecular weight excluding hydrogens is 251 g/mol. The van der Waals surface area contributed by atoms with Crippen molar-refractivity contribution in [3.8, 4) is 0 Å². The SMILES string of the molecule is CC.CC.Cc1cc(N)cc2c(F)cc(F)c(F)c12. The van der Waals surface area contributed by atoms with Crippen molar-refractivity contribution >= 4 is 16.5 Å². The maximum absolute atomic E-state index is 13.4. The molecule has 0 aliphatic rings. The zero-order chi connectivity index (χ0) is 15.2. The van der Waals surface area contributed by atoms with Gasteiger partial charge in [-0.05, 0) is 24.6 Å². The van der Waals surface area contributed by atoms with Gasteiger partial charge in [-0.25, -0.2) is 13.2 Å². The molecule has 106 valence electrons. The number of halogens is 3. The topological polar surface area (TPSA) is 26.0 Å². The third-order valence-corrected chi connectivity index (χ3v) is 2.30. The highest BCUT2D eigenvalue weighted by molar-refractivity contribution is 5.89. The van der Waals surface area contributed by atoms with Crippen molar-refractivity contribution in [1.29, 1.82) is 0 Å². The minimum Gasteiger partial charge on any atom is -0.399 e. The summed E-state index contributed by atoms with van der Waals surface area (Å²) in [7, 11) is 0. The molecule has 0 fully saturated rings. The van der Waals surface area contributed by atoms with Crippen LogP contribution in [0.15, 0.2) is 18.2 Å². The van der Waals surface area contributed by atoms with Crippen LogP contribution in [-0.4, -0.2) is 0 Å². The Morgan fingerprint density at radius 2 is 1.37 bits per heavy atom. The lowest BCUT2D eigenvalue weighted by Crippen LogP contribution is -1.95. The van der Waals surface area contributed by atoms with Gasteiger partial charge in [-0.3, -0.25) is 0 Å². The minimum absolute atomic E-state index is 0.00593. The summed E-state index contributed by atoms with van der Waals surface area (Å²) in [5.74, 6) is -3.03. The zero-order valence-corrected chi connectivity index (χ0v) is 11.9. The number of hydrogen-bond acceptors (Lipinski definition) is 1. The highest BCUT2D eigenvalue weighted by Gasteiger charge is 2.14. The molecule has 1 nitrogen and oxygen atoms in total. The summed E-state index contributed by atoms with van der Waals surface area (Å²) in [6.07, 6.45) is 0. The zero-order valence-electron chi connectivity index (χ0n) is 11.9. The molecule has 0 amide bonds. The summed E-state index contributed by atoms with van der Waals surface area (Å²) >= 11 is 0. The lowest BCUT2D eigenvalue weighted by molar-refractivity contribution is 0.505. The first-order valence-electron chi connectivity index (χ1n) is 6.34. The van der Waals surface area contributed by atoms with E-state index in [0.29, 0.717) is 17.3 Å². The van der Waals surface area contributed by atoms with E-state index in [2.05, 4.69) is 0 Å². The Labute approximate surface area is 112 Å². The van der Waals surface area contributed by atoms with Crippen LogP contribution in [0.25, 0.3) is 10.8 Å². The largest absolute Gasteiger partial charge is 0.399 e. The Morgan fingerprint density at radius 3 is 1.89 bits per heavy atom. The van der Waals surface area contributed by atoms with Crippen LogP contribution in [0.5, 0.6) is 0 Å². The van der Waals surface area contributed by atoms with Gasteiger partial charge < -0.3 is 5.73 Å². The minimum atomic E-state index is -1.19. The fourth-order valence-corrected chi connectivity index (χ4v) is 1.67. The van der Waals surface area contributed by atoms with E-state index in [1.807, 2.05) is 27.7 Å². The number of aryl methyl sites for hydroxylation is 1. The van der Waals surface area contributed by atoms with Gasteiger partial charge in [0, 0.05) is 22.5 Å². The first-order valence-corrected chi connectivity index (χ1v) is 6.34. The van der Waals surface area contributed by atoms with E-state index in [1.165, 1.54) is 12.1 Å². The van der Waals surface area contributed by atoms with Crippen molar-refractivity contribution < 1.29 is 13.2 Å². The summed E-state index contributed by atoms with van der Waals surface area (Å²) in [5.41, 5.74) is 6.24. The van der Waals surface area contributed by atoms with E-state index in [-0.39, 0.29) is 10.8 Å². The van der Waals surface area contributed by atoms with Crippen LogP contribution in [0.1, 0.15) is 33.3 Å². The molecule has 0 spiro atoms. The standard InChI is InChI=1S/C11H8F3N.2C2H6/c1-5-2-6(15)3-7-8(12)4-9(13)11(14)10(5)7;2*1-2/h2-4H,15H2,1H3;2*1-2H3. The fourth-order valence-electron chi connectivity index (χ4n) is 1.67. The molecule has 0 unspecified atom stereocenters. The highest BCUT2D eigenvalue weighted by Crippen LogP contribution is 2.28. The molecule has 0 bridgehead atoms. The van der Waals surface area contributed by atoms with Gasteiger partial charge >= 0.3 is 0 Å². The van der Waals surface area contributed by atoms with Crippen molar-refractivity contribution in [2.75, 3.05) is 5.73 Å². The smallest absolute Gasteiger partial charge is 0.167 e. The van der Waals surface area contributed by atoms with Crippen LogP contribution >= 0.6 is 0 Å². The molecule has 0 aliphatic heterocycles. The van der Waals surface area contributed by atoms with Gasteiger partial charge in [0.1, 0.15) is 5.82 Å². The van der Waals surface area contributed by atoms with Crippen molar-refractivity contribution in [2.24, 2.45) is 0 Å². The van der Waals surface area contributed by atoms with Crippen LogP contribution in [0.4, 0.5) is 18.9 Å². The molecule has 2 aromatic carbocycles. The molecule has 0 aliphatic carbocycles. The van der Waals surface area contributed by atoms with Crippen LogP contribution < -0.4 is 5.73 Å². The maximum atomic E-state index is 13.4. The Bertz CT molecular complexity index is 551. The van der Waals surface area contributed by atoms with Gasteiger partial charge in [0.05, 0.1) is 0 Å². The van der Waals surface area contributed by atoms with Gasteiger partial charge in [-0.2, -0.15) is 0 Å². The summed E-state index contributed by atoms with van der Waals surface area (Å²) in [5, 5.41) is -0.0481. The van der Waals surface area contributed by atoms with Crippen molar-refractivity contribution in [1.82, 2.24) is 0 Å². The van der Waals surface area contributed by atoms with Crippen LogP contribution in [0.3, 0.4) is 0 Å². The van der Waals surface area contributed by atoms with Gasteiger partial charge in [0.15, 0.2) is 11.6 Å². The summed E-state index contributed by atoms with van der Waals surface area (Å²) in [6.45, 7) is 9.56. The molecule has 0 heterocycles. The molecule has 0 saturated heterocycles.